The quantitative estimate of drug-likeness (QED) is 0.708. The fourth-order valence-electron chi connectivity index (χ4n) is 4.99. The lowest BCUT2D eigenvalue weighted by atomic mass is 9.90. The first-order chi connectivity index (χ1) is 16.3. The second-order valence-corrected chi connectivity index (χ2v) is 9.06. The lowest BCUT2D eigenvalue weighted by molar-refractivity contribution is -0.146. The number of likely N-dealkylation sites (N-methyl/N-ethyl adjacent to an activating group) is 1. The monoisotopic (exact) mass is 465 g/mol. The summed E-state index contributed by atoms with van der Waals surface area (Å²) < 4.78 is 10.9. The van der Waals surface area contributed by atoms with Crippen LogP contribution in [0.25, 0.3) is 0 Å². The van der Waals surface area contributed by atoms with E-state index < -0.39 is 12.1 Å². The van der Waals surface area contributed by atoms with Gasteiger partial charge >= 0.3 is 0 Å². The Morgan fingerprint density at radius 2 is 1.65 bits per heavy atom. The molecule has 0 fully saturated rings. The number of hydrogen-bond donors (Lipinski definition) is 1. The number of amides is 3. The van der Waals surface area contributed by atoms with Gasteiger partial charge in [-0.15, -0.1) is 0 Å². The van der Waals surface area contributed by atoms with Crippen LogP contribution in [0.2, 0.25) is 0 Å². The van der Waals surface area contributed by atoms with E-state index in [-0.39, 0.29) is 30.2 Å². The van der Waals surface area contributed by atoms with Gasteiger partial charge in [-0.2, -0.15) is 0 Å². The van der Waals surface area contributed by atoms with Gasteiger partial charge in [0.2, 0.25) is 11.8 Å². The van der Waals surface area contributed by atoms with Crippen LogP contribution < -0.4 is 14.8 Å². The summed E-state index contributed by atoms with van der Waals surface area (Å²) in [6, 6.07) is 9.79. The Morgan fingerprint density at radius 1 is 1.00 bits per heavy atom. The van der Waals surface area contributed by atoms with Crippen LogP contribution >= 0.6 is 0 Å². The maximum Gasteiger partial charge on any atom is 0.255 e. The molecule has 180 valence electrons. The zero-order chi connectivity index (χ0) is 24.6. The van der Waals surface area contributed by atoms with E-state index in [0.29, 0.717) is 30.0 Å². The van der Waals surface area contributed by atoms with Crippen LogP contribution in [0.1, 0.15) is 40.9 Å². The van der Waals surface area contributed by atoms with Crippen LogP contribution in [-0.4, -0.2) is 60.9 Å². The molecule has 4 rings (SSSR count). The van der Waals surface area contributed by atoms with E-state index in [9.17, 15) is 14.4 Å². The summed E-state index contributed by atoms with van der Waals surface area (Å²) in [5, 5.41) is 2.69. The predicted molar refractivity (Wildman–Crippen MR) is 127 cm³/mol. The summed E-state index contributed by atoms with van der Waals surface area (Å²) in [6.07, 6.45) is 0.347. The molecule has 2 unspecified atom stereocenters. The summed E-state index contributed by atoms with van der Waals surface area (Å²) in [5.74, 6) is 0.387. The fraction of sp³-hybridized carbons (Fsp3) is 0.423. The Bertz CT molecular complexity index is 1130. The maximum atomic E-state index is 14.0. The molecule has 2 atom stereocenters. The van der Waals surface area contributed by atoms with E-state index >= 15 is 0 Å². The first-order valence-electron chi connectivity index (χ1n) is 11.4. The van der Waals surface area contributed by atoms with Crippen molar-refractivity contribution in [3.8, 4) is 11.5 Å². The molecule has 0 bridgehead atoms. The molecule has 0 spiro atoms. The average Bonchev–Trinajstić information content (AvgIpc) is 3.17. The summed E-state index contributed by atoms with van der Waals surface area (Å²) in [5.41, 5.74) is 3.37. The number of carbonyl (C=O) groups excluding carboxylic acids is 3. The van der Waals surface area contributed by atoms with Crippen molar-refractivity contribution in [1.82, 2.24) is 15.1 Å². The van der Waals surface area contributed by atoms with Crippen molar-refractivity contribution in [3.05, 3.63) is 58.7 Å². The number of carbonyl (C=O) groups is 3. The molecule has 34 heavy (non-hydrogen) atoms. The predicted octanol–water partition coefficient (Wildman–Crippen LogP) is 2.38. The van der Waals surface area contributed by atoms with E-state index in [0.717, 1.165) is 16.7 Å². The van der Waals surface area contributed by atoms with Crippen LogP contribution in [0, 0.1) is 5.92 Å². The van der Waals surface area contributed by atoms with Crippen LogP contribution in [0.15, 0.2) is 36.4 Å². The Morgan fingerprint density at radius 3 is 2.24 bits per heavy atom. The van der Waals surface area contributed by atoms with Gasteiger partial charge in [0.1, 0.15) is 12.1 Å². The molecule has 0 radical (unpaired) electrons. The molecule has 2 aliphatic heterocycles. The largest absolute Gasteiger partial charge is 0.493 e. The zero-order valence-electron chi connectivity index (χ0n) is 20.3. The minimum Gasteiger partial charge on any atom is -0.493 e. The van der Waals surface area contributed by atoms with Gasteiger partial charge in [0.25, 0.3) is 5.91 Å². The Kier molecular flexibility index (Phi) is 6.50. The smallest absolute Gasteiger partial charge is 0.255 e. The van der Waals surface area contributed by atoms with E-state index in [1.54, 1.807) is 37.1 Å². The highest BCUT2D eigenvalue weighted by Gasteiger charge is 2.43. The molecule has 1 N–H and O–H groups in total. The summed E-state index contributed by atoms with van der Waals surface area (Å²) in [7, 11) is 4.70. The third kappa shape index (κ3) is 3.97. The molecule has 2 heterocycles. The van der Waals surface area contributed by atoms with Crippen molar-refractivity contribution in [3.63, 3.8) is 0 Å². The van der Waals surface area contributed by atoms with E-state index in [4.69, 9.17) is 9.47 Å². The number of hydrogen-bond acceptors (Lipinski definition) is 5. The van der Waals surface area contributed by atoms with Crippen molar-refractivity contribution < 1.29 is 23.9 Å². The standard InChI is InChI=1S/C26H31N3O5/c1-15(2)23(29-13-16-8-6-7-9-19(16)25(29)31)26(32)28-14-18-12-22(34-5)21(33-4)11-17(18)10-20(28)24(30)27-3/h6-9,11-12,15,20,23H,10,13-14H2,1-5H3,(H,27,30). The van der Waals surface area contributed by atoms with E-state index in [1.165, 1.54) is 0 Å². The van der Waals surface area contributed by atoms with Crippen LogP contribution in [0.5, 0.6) is 11.5 Å². The van der Waals surface area contributed by atoms with Crippen LogP contribution in [-0.2, 0) is 29.1 Å². The van der Waals surface area contributed by atoms with Crippen LogP contribution in [0.3, 0.4) is 0 Å². The zero-order valence-corrected chi connectivity index (χ0v) is 20.3. The van der Waals surface area contributed by atoms with Gasteiger partial charge in [-0.1, -0.05) is 32.0 Å². The summed E-state index contributed by atoms with van der Waals surface area (Å²) in [4.78, 5) is 43.4. The molecule has 3 amide bonds. The SMILES string of the molecule is CNC(=O)C1Cc2cc(OC)c(OC)cc2CN1C(=O)C(C(C)C)N1Cc2ccccc2C1=O. The highest BCUT2D eigenvalue weighted by Crippen LogP contribution is 2.36. The van der Waals surface area contributed by atoms with Gasteiger partial charge in [0, 0.05) is 32.1 Å². The highest BCUT2D eigenvalue weighted by molar-refractivity contribution is 6.01. The first kappa shape index (κ1) is 23.6. The molecule has 8 heteroatoms. The molecular weight excluding hydrogens is 434 g/mol. The van der Waals surface area contributed by atoms with Crippen molar-refractivity contribution in [1.29, 1.82) is 0 Å². The number of ether oxygens (including phenoxy) is 2. The minimum atomic E-state index is -0.690. The third-order valence-corrected chi connectivity index (χ3v) is 6.74. The maximum absolute atomic E-state index is 14.0. The molecule has 0 aliphatic carbocycles. The second kappa shape index (κ2) is 9.37. The minimum absolute atomic E-state index is 0.136. The Balaban J connectivity index is 1.71. The molecule has 0 aromatic heterocycles. The topological polar surface area (TPSA) is 88.2 Å². The van der Waals surface area contributed by atoms with Gasteiger partial charge < -0.3 is 24.6 Å². The van der Waals surface area contributed by atoms with Gasteiger partial charge in [0.15, 0.2) is 11.5 Å². The van der Waals surface area contributed by atoms with Crippen molar-refractivity contribution in [2.24, 2.45) is 5.92 Å². The summed E-state index contributed by atoms with van der Waals surface area (Å²) >= 11 is 0. The number of fused-ring (bicyclic) bond motifs is 2. The van der Waals surface area contributed by atoms with Gasteiger partial charge in [-0.05, 0) is 40.8 Å². The molecule has 0 saturated heterocycles. The number of nitrogens with one attached hydrogen (secondary N) is 1. The third-order valence-electron chi connectivity index (χ3n) is 6.74. The number of benzene rings is 2. The van der Waals surface area contributed by atoms with Gasteiger partial charge in [-0.25, -0.2) is 0 Å². The Hall–Kier alpha value is -3.55. The molecule has 0 saturated carbocycles. The van der Waals surface area contributed by atoms with Gasteiger partial charge in [0.05, 0.1) is 14.2 Å². The van der Waals surface area contributed by atoms with Crippen molar-refractivity contribution in [2.75, 3.05) is 21.3 Å². The molecule has 2 aliphatic rings. The second-order valence-electron chi connectivity index (χ2n) is 9.06. The molecule has 2 aromatic rings. The number of methoxy groups -OCH3 is 2. The van der Waals surface area contributed by atoms with E-state index in [1.807, 2.05) is 44.2 Å². The average molecular weight is 466 g/mol. The van der Waals surface area contributed by atoms with Crippen molar-refractivity contribution in [2.45, 2.75) is 45.4 Å². The molecule has 8 nitrogen and oxygen atoms in total. The number of nitrogens with zero attached hydrogens (tertiary/aromatic N) is 2. The molecule has 2 aromatic carbocycles. The first-order valence-corrected chi connectivity index (χ1v) is 11.4. The lowest BCUT2D eigenvalue weighted by Crippen LogP contribution is -2.58. The Labute approximate surface area is 199 Å². The van der Waals surface area contributed by atoms with E-state index in [2.05, 4.69) is 5.32 Å². The van der Waals surface area contributed by atoms with Crippen molar-refractivity contribution >= 4 is 17.7 Å². The highest BCUT2D eigenvalue weighted by atomic mass is 16.5. The summed E-state index contributed by atoms with van der Waals surface area (Å²) in [6.45, 7) is 4.48. The normalized spacial score (nSPS) is 17.8. The number of rotatable bonds is 6. The fourth-order valence-corrected chi connectivity index (χ4v) is 4.99. The molecular formula is C26H31N3O5. The lowest BCUT2D eigenvalue weighted by Gasteiger charge is -2.40. The van der Waals surface area contributed by atoms with Gasteiger partial charge in [-0.3, -0.25) is 14.4 Å². The van der Waals surface area contributed by atoms with Crippen LogP contribution in [0.4, 0.5) is 0 Å².